The molecule has 1 N–H and O–H groups in total. The second-order valence-electron chi connectivity index (χ2n) is 7.49. The highest BCUT2D eigenvalue weighted by Crippen LogP contribution is 2.35. The first-order valence-corrected chi connectivity index (χ1v) is 10.4. The van der Waals surface area contributed by atoms with Crippen molar-refractivity contribution in [2.45, 2.75) is 24.9 Å². The van der Waals surface area contributed by atoms with Crippen LogP contribution in [0.4, 0.5) is 10.1 Å². The number of aromatic nitrogens is 2. The summed E-state index contributed by atoms with van der Waals surface area (Å²) in [5, 5.41) is 6.40. The Kier molecular flexibility index (Phi) is 4.38. The molecule has 11 heteroatoms. The molecule has 1 aromatic carbocycles. The van der Waals surface area contributed by atoms with Gasteiger partial charge in [-0.05, 0) is 41.1 Å². The van der Waals surface area contributed by atoms with Crippen LogP contribution in [0.25, 0.3) is 0 Å². The summed E-state index contributed by atoms with van der Waals surface area (Å²) in [6.45, 7) is 1.04. The lowest BCUT2D eigenvalue weighted by Crippen LogP contribution is -2.54. The monoisotopic (exact) mass is 523 g/mol. The molecule has 1 unspecified atom stereocenters. The normalized spacial score (nSPS) is 21.7. The average molecular weight is 523 g/mol. The zero-order valence-corrected chi connectivity index (χ0v) is 17.6. The molecule has 0 bridgehead atoms. The van der Waals surface area contributed by atoms with Gasteiger partial charge in [-0.3, -0.25) is 34.1 Å². The third-order valence-electron chi connectivity index (χ3n) is 5.65. The maximum Gasteiger partial charge on any atom is 0.262 e. The van der Waals surface area contributed by atoms with E-state index in [1.807, 2.05) is 10.9 Å². The number of piperidine rings is 1. The largest absolute Gasteiger partial charge is 0.365 e. The SMILES string of the molecule is O=C1CCC(N2C(=O)c3cc(F)c(N4CC(n5cc(I)cn5)C4)cc3C2=O)C(=O)N1. The summed E-state index contributed by atoms with van der Waals surface area (Å²) in [6.07, 6.45) is 3.74. The predicted octanol–water partition coefficient (Wildman–Crippen LogP) is 1.09. The fourth-order valence-corrected chi connectivity index (χ4v) is 4.47. The van der Waals surface area contributed by atoms with Gasteiger partial charge in [0.05, 0.1) is 32.6 Å². The molecule has 1 atom stereocenters. The number of benzene rings is 1. The van der Waals surface area contributed by atoms with Gasteiger partial charge in [-0.2, -0.15) is 5.10 Å². The minimum atomic E-state index is -1.07. The molecule has 0 spiro atoms. The van der Waals surface area contributed by atoms with E-state index in [1.54, 1.807) is 11.1 Å². The van der Waals surface area contributed by atoms with Crippen molar-refractivity contribution in [2.24, 2.45) is 0 Å². The van der Waals surface area contributed by atoms with Crippen LogP contribution in [0.2, 0.25) is 0 Å². The van der Waals surface area contributed by atoms with Crippen LogP contribution in [0.5, 0.6) is 0 Å². The van der Waals surface area contributed by atoms with Gasteiger partial charge in [0, 0.05) is 25.7 Å². The van der Waals surface area contributed by atoms with Gasteiger partial charge >= 0.3 is 0 Å². The van der Waals surface area contributed by atoms with Gasteiger partial charge in [0.2, 0.25) is 11.8 Å². The molecular formula is C19H15FIN5O4. The van der Waals surface area contributed by atoms with Gasteiger partial charge in [0.15, 0.2) is 0 Å². The molecule has 5 rings (SSSR count). The molecule has 1 aromatic heterocycles. The molecule has 0 aliphatic carbocycles. The van der Waals surface area contributed by atoms with Crippen molar-refractivity contribution >= 4 is 51.9 Å². The fourth-order valence-electron chi connectivity index (χ4n) is 4.06. The van der Waals surface area contributed by atoms with Crippen LogP contribution in [0.15, 0.2) is 24.5 Å². The molecule has 0 saturated carbocycles. The number of nitrogens with zero attached hydrogens (tertiary/aromatic N) is 4. The van der Waals surface area contributed by atoms with Crippen molar-refractivity contribution in [1.29, 1.82) is 0 Å². The van der Waals surface area contributed by atoms with Crippen LogP contribution in [-0.2, 0) is 9.59 Å². The van der Waals surface area contributed by atoms with E-state index in [0.29, 0.717) is 13.1 Å². The van der Waals surface area contributed by atoms with Gasteiger partial charge in [-0.1, -0.05) is 0 Å². The van der Waals surface area contributed by atoms with E-state index in [2.05, 4.69) is 33.0 Å². The zero-order valence-electron chi connectivity index (χ0n) is 15.5. The van der Waals surface area contributed by atoms with Gasteiger partial charge in [-0.15, -0.1) is 0 Å². The molecule has 4 amide bonds. The Morgan fingerprint density at radius 1 is 1.10 bits per heavy atom. The molecule has 2 aromatic rings. The van der Waals surface area contributed by atoms with E-state index in [0.717, 1.165) is 14.5 Å². The predicted molar refractivity (Wildman–Crippen MR) is 109 cm³/mol. The van der Waals surface area contributed by atoms with Crippen LogP contribution in [0.3, 0.4) is 0 Å². The van der Waals surface area contributed by atoms with E-state index in [4.69, 9.17) is 0 Å². The molecule has 0 radical (unpaired) electrons. The molecule has 154 valence electrons. The van der Waals surface area contributed by atoms with Gasteiger partial charge in [0.1, 0.15) is 11.9 Å². The van der Waals surface area contributed by atoms with Crippen LogP contribution < -0.4 is 10.2 Å². The maximum absolute atomic E-state index is 14.8. The topological polar surface area (TPSA) is 105 Å². The lowest BCUT2D eigenvalue weighted by Gasteiger charge is -2.41. The summed E-state index contributed by atoms with van der Waals surface area (Å²) in [7, 11) is 0. The number of fused-ring (bicyclic) bond motifs is 1. The Hall–Kier alpha value is -2.83. The van der Waals surface area contributed by atoms with Crippen molar-refractivity contribution in [3.8, 4) is 0 Å². The zero-order chi connectivity index (χ0) is 21.2. The number of halogens is 2. The second-order valence-corrected chi connectivity index (χ2v) is 8.74. The van der Waals surface area contributed by atoms with E-state index >= 15 is 0 Å². The minimum absolute atomic E-state index is 0.0327. The highest BCUT2D eigenvalue weighted by molar-refractivity contribution is 14.1. The molecule has 2 fully saturated rings. The number of nitrogens with one attached hydrogen (secondary N) is 1. The molecule has 2 saturated heterocycles. The summed E-state index contributed by atoms with van der Waals surface area (Å²) < 4.78 is 17.6. The Bertz CT molecular complexity index is 1130. The Morgan fingerprint density at radius 3 is 2.43 bits per heavy atom. The van der Waals surface area contributed by atoms with Gasteiger partial charge in [0.25, 0.3) is 11.8 Å². The standard InChI is InChI=1S/C19H15FIN5O4/c20-13-3-11-12(4-15(13)24-7-10(8-24)25-6-9(21)5-22-25)19(30)26(18(11)29)14-1-2-16(27)23-17(14)28/h3-6,10,14H,1-2,7-8H2,(H,23,27,28). The number of rotatable bonds is 3. The van der Waals surface area contributed by atoms with Crippen molar-refractivity contribution in [1.82, 2.24) is 20.0 Å². The first kappa shape index (κ1) is 19.2. The van der Waals surface area contributed by atoms with Crippen molar-refractivity contribution in [2.75, 3.05) is 18.0 Å². The van der Waals surface area contributed by atoms with E-state index in [-0.39, 0.29) is 35.7 Å². The molecule has 4 heterocycles. The molecule has 30 heavy (non-hydrogen) atoms. The first-order valence-electron chi connectivity index (χ1n) is 9.33. The van der Waals surface area contributed by atoms with Crippen LogP contribution in [0, 0.1) is 9.39 Å². The smallest absolute Gasteiger partial charge is 0.262 e. The Balaban J connectivity index is 1.39. The number of hydrogen-bond donors (Lipinski definition) is 1. The average Bonchev–Trinajstić information content (AvgIpc) is 3.17. The van der Waals surface area contributed by atoms with E-state index in [9.17, 15) is 23.6 Å². The summed E-state index contributed by atoms with van der Waals surface area (Å²) in [5.74, 6) is -3.11. The molecule has 9 nitrogen and oxygen atoms in total. The lowest BCUT2D eigenvalue weighted by molar-refractivity contribution is -0.136. The Morgan fingerprint density at radius 2 is 1.80 bits per heavy atom. The maximum atomic E-state index is 14.8. The number of anilines is 1. The van der Waals surface area contributed by atoms with Crippen LogP contribution in [0.1, 0.15) is 39.6 Å². The van der Waals surface area contributed by atoms with Crippen molar-refractivity contribution in [3.05, 3.63) is 45.0 Å². The first-order chi connectivity index (χ1) is 14.3. The number of hydrogen-bond acceptors (Lipinski definition) is 6. The summed E-state index contributed by atoms with van der Waals surface area (Å²) in [5.41, 5.74) is 0.237. The quantitative estimate of drug-likeness (QED) is 0.478. The third-order valence-corrected chi connectivity index (χ3v) is 6.21. The van der Waals surface area contributed by atoms with Crippen molar-refractivity contribution in [3.63, 3.8) is 0 Å². The van der Waals surface area contributed by atoms with Crippen LogP contribution >= 0.6 is 22.6 Å². The molecule has 3 aliphatic rings. The van der Waals surface area contributed by atoms with Gasteiger partial charge < -0.3 is 4.90 Å². The van der Waals surface area contributed by atoms with Gasteiger partial charge in [-0.25, -0.2) is 4.39 Å². The second kappa shape index (κ2) is 6.86. The summed E-state index contributed by atoms with van der Waals surface area (Å²) >= 11 is 2.17. The molecule has 3 aliphatic heterocycles. The fraction of sp³-hybridized carbons (Fsp3) is 0.316. The third kappa shape index (κ3) is 2.90. The number of carbonyl (C=O) groups excluding carboxylic acids is 4. The lowest BCUT2D eigenvalue weighted by atomic mass is 10.0. The Labute approximate surface area is 183 Å². The van der Waals surface area contributed by atoms with Crippen molar-refractivity contribution < 1.29 is 23.6 Å². The highest BCUT2D eigenvalue weighted by Gasteiger charge is 2.45. The van der Waals surface area contributed by atoms with E-state index in [1.165, 1.54) is 6.07 Å². The van der Waals surface area contributed by atoms with E-state index < -0.39 is 35.5 Å². The van der Waals surface area contributed by atoms with Crippen LogP contribution in [-0.4, -0.2) is 57.4 Å². The minimum Gasteiger partial charge on any atom is -0.365 e. The summed E-state index contributed by atoms with van der Waals surface area (Å²) in [6, 6.07) is 1.46. The highest BCUT2D eigenvalue weighted by atomic mass is 127. The summed E-state index contributed by atoms with van der Waals surface area (Å²) in [4.78, 5) is 51.8. The molecular weight excluding hydrogens is 508 g/mol. The number of imide groups is 2. The number of carbonyl (C=O) groups is 4. The number of amides is 4.